The molecule has 0 radical (unpaired) electrons. The van der Waals surface area contributed by atoms with Crippen molar-refractivity contribution in [2.24, 2.45) is 0 Å². The summed E-state index contributed by atoms with van der Waals surface area (Å²) >= 11 is 3.44. The Kier molecular flexibility index (Phi) is 4.99. The molecule has 0 aromatic heterocycles. The minimum absolute atomic E-state index is 0.0895. The third kappa shape index (κ3) is 3.50. The third-order valence-corrected chi connectivity index (χ3v) is 5.30. The van der Waals surface area contributed by atoms with E-state index >= 15 is 0 Å². The summed E-state index contributed by atoms with van der Waals surface area (Å²) < 4.78 is 11.8. The van der Waals surface area contributed by atoms with Crippen LogP contribution < -0.4 is 14.8 Å². The van der Waals surface area contributed by atoms with Crippen molar-refractivity contribution < 1.29 is 24.2 Å². The Labute approximate surface area is 148 Å². The van der Waals surface area contributed by atoms with Crippen LogP contribution in [0.5, 0.6) is 11.5 Å². The maximum absolute atomic E-state index is 12.4. The lowest BCUT2D eigenvalue weighted by Crippen LogP contribution is -2.56. The molecule has 1 aromatic carbocycles. The van der Waals surface area contributed by atoms with Gasteiger partial charge in [-0.15, -0.1) is 0 Å². The predicted molar refractivity (Wildman–Crippen MR) is 90.4 cm³/mol. The number of carbonyl (C=O) groups is 2. The SMILES string of the molecule is O=C(Cc1cc2c(cc1Br)OCCO2)NC1(C(=O)O)CCCCC1. The second-order valence-corrected chi connectivity index (χ2v) is 7.11. The second kappa shape index (κ2) is 7.01. The van der Waals surface area contributed by atoms with Crippen molar-refractivity contribution in [3.05, 3.63) is 22.2 Å². The largest absolute Gasteiger partial charge is 0.486 e. The summed E-state index contributed by atoms with van der Waals surface area (Å²) in [6, 6.07) is 3.55. The molecule has 2 N–H and O–H groups in total. The summed E-state index contributed by atoms with van der Waals surface area (Å²) in [4.78, 5) is 24.1. The standard InChI is InChI=1S/C17H20BrNO5/c18-12-10-14-13(23-6-7-24-14)8-11(12)9-15(20)19-17(16(21)22)4-2-1-3-5-17/h8,10H,1-7,9H2,(H,19,20)(H,21,22). The molecule has 1 fully saturated rings. The highest BCUT2D eigenvalue weighted by molar-refractivity contribution is 9.10. The average molecular weight is 398 g/mol. The van der Waals surface area contributed by atoms with Crippen LogP contribution in [0.3, 0.4) is 0 Å². The zero-order chi connectivity index (χ0) is 17.2. The van der Waals surface area contributed by atoms with Crippen LogP contribution in [0, 0.1) is 0 Å². The molecule has 1 heterocycles. The van der Waals surface area contributed by atoms with Crippen molar-refractivity contribution >= 4 is 27.8 Å². The van der Waals surface area contributed by atoms with Crippen LogP contribution in [0.1, 0.15) is 37.7 Å². The summed E-state index contributed by atoms with van der Waals surface area (Å²) in [5, 5.41) is 12.3. The van der Waals surface area contributed by atoms with Crippen LogP contribution in [-0.4, -0.2) is 35.7 Å². The summed E-state index contributed by atoms with van der Waals surface area (Å²) in [7, 11) is 0. The molecule has 0 spiro atoms. The lowest BCUT2D eigenvalue weighted by molar-refractivity contribution is -0.149. The van der Waals surface area contributed by atoms with Crippen LogP contribution in [0.4, 0.5) is 0 Å². The van der Waals surface area contributed by atoms with Crippen LogP contribution in [-0.2, 0) is 16.0 Å². The van der Waals surface area contributed by atoms with Gasteiger partial charge in [-0.1, -0.05) is 35.2 Å². The molecule has 6 nitrogen and oxygen atoms in total. The molecule has 130 valence electrons. The summed E-state index contributed by atoms with van der Waals surface area (Å²) in [6.45, 7) is 0.975. The van der Waals surface area contributed by atoms with Gasteiger partial charge in [-0.3, -0.25) is 4.79 Å². The maximum Gasteiger partial charge on any atom is 0.329 e. The Balaban J connectivity index is 1.73. The minimum atomic E-state index is -1.13. The van der Waals surface area contributed by atoms with E-state index in [1.165, 1.54) is 0 Å². The van der Waals surface area contributed by atoms with E-state index in [0.717, 1.165) is 29.3 Å². The van der Waals surface area contributed by atoms with Crippen LogP contribution >= 0.6 is 15.9 Å². The number of nitrogens with one attached hydrogen (secondary N) is 1. The smallest absolute Gasteiger partial charge is 0.329 e. The van der Waals surface area contributed by atoms with Crippen LogP contribution in [0.15, 0.2) is 16.6 Å². The molecule has 24 heavy (non-hydrogen) atoms. The topological polar surface area (TPSA) is 84.9 Å². The molecule has 0 bridgehead atoms. The number of carboxylic acid groups (broad SMARTS) is 1. The highest BCUT2D eigenvalue weighted by atomic mass is 79.9. The van der Waals surface area contributed by atoms with E-state index in [4.69, 9.17) is 9.47 Å². The number of hydrogen-bond acceptors (Lipinski definition) is 4. The predicted octanol–water partition coefficient (Wildman–Crippen LogP) is 2.67. The van der Waals surface area contributed by atoms with Crippen molar-refractivity contribution in [2.45, 2.75) is 44.1 Å². The number of amides is 1. The Bertz CT molecular complexity index is 655. The number of carboxylic acids is 1. The van der Waals surface area contributed by atoms with Gasteiger partial charge in [0.2, 0.25) is 5.91 Å². The molecule has 1 saturated carbocycles. The molecule has 1 aromatic rings. The number of carbonyl (C=O) groups excluding carboxylic acids is 1. The quantitative estimate of drug-likeness (QED) is 0.815. The maximum atomic E-state index is 12.4. The van der Waals surface area contributed by atoms with Gasteiger partial charge in [-0.05, 0) is 30.5 Å². The van der Waals surface area contributed by atoms with Crippen molar-refractivity contribution in [3.8, 4) is 11.5 Å². The van der Waals surface area contributed by atoms with E-state index in [-0.39, 0.29) is 12.3 Å². The van der Waals surface area contributed by atoms with E-state index in [1.54, 1.807) is 12.1 Å². The van der Waals surface area contributed by atoms with Crippen molar-refractivity contribution in [1.29, 1.82) is 0 Å². The first-order chi connectivity index (χ1) is 11.5. The Morgan fingerprint density at radius 1 is 1.12 bits per heavy atom. The summed E-state index contributed by atoms with van der Waals surface area (Å²) in [5.74, 6) is 0.0119. The number of fused-ring (bicyclic) bond motifs is 1. The molecule has 0 saturated heterocycles. The Hall–Kier alpha value is -1.76. The molecule has 2 aliphatic rings. The first-order valence-corrected chi connectivity index (χ1v) is 8.92. The lowest BCUT2D eigenvalue weighted by Gasteiger charge is -2.34. The zero-order valence-electron chi connectivity index (χ0n) is 13.3. The first-order valence-electron chi connectivity index (χ1n) is 8.13. The van der Waals surface area contributed by atoms with E-state index in [2.05, 4.69) is 21.2 Å². The van der Waals surface area contributed by atoms with Crippen LogP contribution in [0.25, 0.3) is 0 Å². The molecular weight excluding hydrogens is 378 g/mol. The molecule has 1 aliphatic carbocycles. The minimum Gasteiger partial charge on any atom is -0.486 e. The molecule has 7 heteroatoms. The normalized spacial score (nSPS) is 18.7. The van der Waals surface area contributed by atoms with Crippen molar-refractivity contribution in [2.75, 3.05) is 13.2 Å². The fourth-order valence-corrected chi connectivity index (χ4v) is 3.74. The summed E-state index contributed by atoms with van der Waals surface area (Å²) in [5.41, 5.74) is -0.386. The van der Waals surface area contributed by atoms with Gasteiger partial charge in [-0.25, -0.2) is 4.79 Å². The molecule has 0 unspecified atom stereocenters. The van der Waals surface area contributed by atoms with Gasteiger partial charge in [0.15, 0.2) is 11.5 Å². The Morgan fingerprint density at radius 2 is 1.75 bits per heavy atom. The van der Waals surface area contributed by atoms with Crippen LogP contribution in [0.2, 0.25) is 0 Å². The van der Waals surface area contributed by atoms with Gasteiger partial charge in [0.1, 0.15) is 18.8 Å². The number of hydrogen-bond donors (Lipinski definition) is 2. The third-order valence-electron chi connectivity index (χ3n) is 4.56. The number of aliphatic carboxylic acids is 1. The highest BCUT2D eigenvalue weighted by Gasteiger charge is 2.40. The monoisotopic (exact) mass is 397 g/mol. The van der Waals surface area contributed by atoms with Gasteiger partial charge < -0.3 is 19.9 Å². The van der Waals surface area contributed by atoms with Crippen molar-refractivity contribution in [1.82, 2.24) is 5.32 Å². The molecule has 3 rings (SSSR count). The second-order valence-electron chi connectivity index (χ2n) is 6.26. The molecular formula is C17H20BrNO5. The van der Waals surface area contributed by atoms with Gasteiger partial charge in [0.25, 0.3) is 0 Å². The Morgan fingerprint density at radius 3 is 2.38 bits per heavy atom. The van der Waals surface area contributed by atoms with E-state index in [9.17, 15) is 14.7 Å². The fraction of sp³-hybridized carbons (Fsp3) is 0.529. The van der Waals surface area contributed by atoms with E-state index in [1.807, 2.05) is 0 Å². The zero-order valence-corrected chi connectivity index (χ0v) is 14.9. The highest BCUT2D eigenvalue weighted by Crippen LogP contribution is 2.36. The van der Waals surface area contributed by atoms with Crippen molar-refractivity contribution in [3.63, 3.8) is 0 Å². The van der Waals surface area contributed by atoms with E-state index < -0.39 is 11.5 Å². The van der Waals surface area contributed by atoms with Gasteiger partial charge in [0, 0.05) is 4.47 Å². The van der Waals surface area contributed by atoms with Gasteiger partial charge in [0.05, 0.1) is 6.42 Å². The molecule has 1 amide bonds. The lowest BCUT2D eigenvalue weighted by atomic mass is 9.81. The first kappa shape index (κ1) is 17.1. The summed E-state index contributed by atoms with van der Waals surface area (Å²) in [6.07, 6.45) is 3.71. The number of rotatable bonds is 4. The molecule has 0 atom stereocenters. The number of ether oxygens (including phenoxy) is 2. The van der Waals surface area contributed by atoms with E-state index in [0.29, 0.717) is 37.6 Å². The molecule has 1 aliphatic heterocycles. The van der Waals surface area contributed by atoms with Gasteiger partial charge in [-0.2, -0.15) is 0 Å². The fourth-order valence-electron chi connectivity index (χ4n) is 3.27. The average Bonchev–Trinajstić information content (AvgIpc) is 2.56. The number of benzene rings is 1. The number of halogens is 1. The van der Waals surface area contributed by atoms with Gasteiger partial charge >= 0.3 is 5.97 Å².